The van der Waals surface area contributed by atoms with Gasteiger partial charge in [-0.3, -0.25) is 4.79 Å². The smallest absolute Gasteiger partial charge is 0.259 e. The number of nitrogens with one attached hydrogen (secondary N) is 1. The average Bonchev–Trinajstić information content (AvgIpc) is 2.47. The third-order valence-corrected chi connectivity index (χ3v) is 2.42. The van der Waals surface area contributed by atoms with Crippen LogP contribution in [0.15, 0.2) is 17.2 Å². The number of carbonyl (C=O) groups is 1. The third-order valence-electron chi connectivity index (χ3n) is 2.42. The predicted octanol–water partition coefficient (Wildman–Crippen LogP) is -0.821. The minimum absolute atomic E-state index is 0.126. The zero-order valence-corrected chi connectivity index (χ0v) is 11.2. The summed E-state index contributed by atoms with van der Waals surface area (Å²) in [5.41, 5.74) is 8.01. The lowest BCUT2D eigenvalue weighted by molar-refractivity contribution is -0.123. The maximum atomic E-state index is 11.3. The number of hydrogen-bond donors (Lipinski definition) is 4. The highest BCUT2D eigenvalue weighted by molar-refractivity contribution is 5.85. The number of hydrazone groups is 1. The van der Waals surface area contributed by atoms with Crippen molar-refractivity contribution in [3.63, 3.8) is 0 Å². The second-order valence-electron chi connectivity index (χ2n) is 3.80. The fraction of sp³-hybridized carbons (Fsp3) is 0.333. The van der Waals surface area contributed by atoms with E-state index in [2.05, 4.69) is 10.5 Å². The van der Waals surface area contributed by atoms with Gasteiger partial charge in [-0.25, -0.2) is 5.43 Å². The van der Waals surface area contributed by atoms with Crippen molar-refractivity contribution < 1.29 is 24.5 Å². The monoisotopic (exact) mass is 283 g/mol. The molecule has 0 radical (unpaired) electrons. The molecule has 8 nitrogen and oxygen atoms in total. The van der Waals surface area contributed by atoms with Crippen molar-refractivity contribution in [3.8, 4) is 17.2 Å². The molecule has 0 aliphatic heterocycles. The number of phenolic OH excluding ortho intramolecular Hbond substituents is 1. The van der Waals surface area contributed by atoms with Gasteiger partial charge in [0.2, 0.25) is 5.75 Å². The molecule has 1 rings (SSSR count). The topological polar surface area (TPSA) is 126 Å². The standard InChI is InChI=1S/C12H17N3O5/c1-19-9-3-7(4-10(20-2)11(9)17)5-14-15-12(18)8(13)6-16/h3-5,8,16-17H,6,13H2,1-2H3,(H,15,18)/b14-5+/t8-/m0/s1. The van der Waals surface area contributed by atoms with Gasteiger partial charge in [0, 0.05) is 5.56 Å². The zero-order valence-electron chi connectivity index (χ0n) is 11.2. The fourth-order valence-corrected chi connectivity index (χ4v) is 1.32. The van der Waals surface area contributed by atoms with Crippen LogP contribution >= 0.6 is 0 Å². The Balaban J connectivity index is 2.85. The maximum Gasteiger partial charge on any atom is 0.259 e. The van der Waals surface area contributed by atoms with Crippen molar-refractivity contribution in [1.29, 1.82) is 0 Å². The minimum Gasteiger partial charge on any atom is -0.502 e. The molecule has 20 heavy (non-hydrogen) atoms. The number of aliphatic hydroxyl groups excluding tert-OH is 1. The number of rotatable bonds is 6. The molecule has 0 aliphatic carbocycles. The van der Waals surface area contributed by atoms with Gasteiger partial charge in [0.1, 0.15) is 6.04 Å². The van der Waals surface area contributed by atoms with Gasteiger partial charge in [0.05, 0.1) is 27.0 Å². The highest BCUT2D eigenvalue weighted by atomic mass is 16.5. The predicted molar refractivity (Wildman–Crippen MR) is 72.0 cm³/mol. The van der Waals surface area contributed by atoms with Crippen LogP contribution in [0, 0.1) is 0 Å². The number of aliphatic hydroxyl groups is 1. The molecule has 0 saturated heterocycles. The first-order valence-electron chi connectivity index (χ1n) is 5.67. The van der Waals surface area contributed by atoms with Crippen LogP contribution in [0.2, 0.25) is 0 Å². The van der Waals surface area contributed by atoms with Crippen LogP contribution in [0.4, 0.5) is 0 Å². The summed E-state index contributed by atoms with van der Waals surface area (Å²) >= 11 is 0. The van der Waals surface area contributed by atoms with Crippen molar-refractivity contribution in [2.45, 2.75) is 6.04 Å². The molecule has 1 aromatic carbocycles. The first-order chi connectivity index (χ1) is 9.53. The summed E-state index contributed by atoms with van der Waals surface area (Å²) in [5, 5.41) is 22.1. The Labute approximate surface area is 115 Å². The Bertz CT molecular complexity index is 479. The van der Waals surface area contributed by atoms with Crippen LogP contribution in [-0.4, -0.2) is 49.2 Å². The maximum absolute atomic E-state index is 11.3. The van der Waals surface area contributed by atoms with Gasteiger partial charge < -0.3 is 25.4 Å². The number of methoxy groups -OCH3 is 2. The van der Waals surface area contributed by atoms with Crippen molar-refractivity contribution >= 4 is 12.1 Å². The summed E-state index contributed by atoms with van der Waals surface area (Å²) in [6.07, 6.45) is 1.33. The molecular weight excluding hydrogens is 266 g/mol. The zero-order chi connectivity index (χ0) is 15.1. The Morgan fingerprint density at radius 3 is 2.45 bits per heavy atom. The summed E-state index contributed by atoms with van der Waals surface area (Å²) in [5.74, 6) is -0.312. The van der Waals surface area contributed by atoms with E-state index in [1.54, 1.807) is 0 Å². The van der Waals surface area contributed by atoms with Crippen LogP contribution in [0.25, 0.3) is 0 Å². The lowest BCUT2D eigenvalue weighted by atomic mass is 10.2. The van der Waals surface area contributed by atoms with Gasteiger partial charge in [-0.2, -0.15) is 5.10 Å². The van der Waals surface area contributed by atoms with Gasteiger partial charge >= 0.3 is 0 Å². The molecule has 1 amide bonds. The van der Waals surface area contributed by atoms with E-state index >= 15 is 0 Å². The SMILES string of the molecule is COc1cc(/C=N/NC(=O)[C@@H](N)CO)cc(OC)c1O. The quantitative estimate of drug-likeness (QED) is 0.399. The lowest BCUT2D eigenvalue weighted by Gasteiger charge is -2.09. The van der Waals surface area contributed by atoms with E-state index in [9.17, 15) is 9.90 Å². The summed E-state index contributed by atoms with van der Waals surface area (Å²) < 4.78 is 9.96. The third kappa shape index (κ3) is 3.84. The summed E-state index contributed by atoms with van der Waals surface area (Å²) in [6, 6.07) is 2.00. The summed E-state index contributed by atoms with van der Waals surface area (Å²) in [4.78, 5) is 11.3. The number of aromatic hydroxyl groups is 1. The van der Waals surface area contributed by atoms with Crippen LogP contribution in [-0.2, 0) is 4.79 Å². The van der Waals surface area contributed by atoms with E-state index in [1.807, 2.05) is 0 Å². The molecule has 0 bridgehead atoms. The van der Waals surface area contributed by atoms with Crippen molar-refractivity contribution in [1.82, 2.24) is 5.43 Å². The molecule has 110 valence electrons. The van der Waals surface area contributed by atoms with Crippen LogP contribution in [0.1, 0.15) is 5.56 Å². The van der Waals surface area contributed by atoms with Gasteiger partial charge in [0.15, 0.2) is 11.5 Å². The second-order valence-corrected chi connectivity index (χ2v) is 3.80. The van der Waals surface area contributed by atoms with E-state index in [-0.39, 0.29) is 17.2 Å². The van der Waals surface area contributed by atoms with E-state index < -0.39 is 18.6 Å². The number of amides is 1. The van der Waals surface area contributed by atoms with Crippen molar-refractivity contribution in [3.05, 3.63) is 17.7 Å². The van der Waals surface area contributed by atoms with Crippen LogP contribution < -0.4 is 20.6 Å². The van der Waals surface area contributed by atoms with Gasteiger partial charge in [0.25, 0.3) is 5.91 Å². The number of ether oxygens (including phenoxy) is 2. The molecule has 0 fully saturated rings. The largest absolute Gasteiger partial charge is 0.502 e. The van der Waals surface area contributed by atoms with E-state index in [0.29, 0.717) is 5.56 Å². The molecule has 0 aliphatic rings. The number of benzene rings is 1. The first kappa shape index (κ1) is 15.7. The number of carbonyl (C=O) groups excluding carboxylic acids is 1. The lowest BCUT2D eigenvalue weighted by Crippen LogP contribution is -2.40. The second kappa shape index (κ2) is 7.31. The van der Waals surface area contributed by atoms with Crippen LogP contribution in [0.5, 0.6) is 17.2 Å². The molecule has 5 N–H and O–H groups in total. The molecule has 0 saturated carbocycles. The average molecular weight is 283 g/mol. The molecule has 0 unspecified atom stereocenters. The number of nitrogens with zero attached hydrogens (tertiary/aromatic N) is 1. The molecule has 1 aromatic rings. The van der Waals surface area contributed by atoms with E-state index in [0.717, 1.165) is 0 Å². The van der Waals surface area contributed by atoms with Crippen molar-refractivity contribution in [2.75, 3.05) is 20.8 Å². The number of phenols is 1. The Kier molecular flexibility index (Phi) is 5.75. The highest BCUT2D eigenvalue weighted by Gasteiger charge is 2.11. The summed E-state index contributed by atoms with van der Waals surface area (Å²) in [6.45, 7) is -0.470. The Hall–Kier alpha value is -2.32. The number of hydrogen-bond acceptors (Lipinski definition) is 7. The van der Waals surface area contributed by atoms with Crippen molar-refractivity contribution in [2.24, 2.45) is 10.8 Å². The van der Waals surface area contributed by atoms with Crippen LogP contribution in [0.3, 0.4) is 0 Å². The van der Waals surface area contributed by atoms with E-state index in [4.69, 9.17) is 20.3 Å². The Morgan fingerprint density at radius 2 is 2.00 bits per heavy atom. The van der Waals surface area contributed by atoms with Gasteiger partial charge in [-0.1, -0.05) is 0 Å². The molecule has 0 heterocycles. The first-order valence-corrected chi connectivity index (χ1v) is 5.67. The number of nitrogens with two attached hydrogens (primary N) is 1. The molecule has 1 atom stereocenters. The summed E-state index contributed by atoms with van der Waals surface area (Å²) in [7, 11) is 2.80. The Morgan fingerprint density at radius 1 is 1.45 bits per heavy atom. The molecule has 0 aromatic heterocycles. The molecule has 0 spiro atoms. The van der Waals surface area contributed by atoms with Gasteiger partial charge in [-0.15, -0.1) is 0 Å². The normalized spacial score (nSPS) is 12.2. The van der Waals surface area contributed by atoms with Gasteiger partial charge in [-0.05, 0) is 12.1 Å². The minimum atomic E-state index is -1.03. The fourth-order valence-electron chi connectivity index (χ4n) is 1.32. The van der Waals surface area contributed by atoms with E-state index in [1.165, 1.54) is 32.6 Å². The molecule has 8 heteroatoms. The molecular formula is C12H17N3O5. The highest BCUT2D eigenvalue weighted by Crippen LogP contribution is 2.36.